The average molecular weight is 292 g/mol. The van der Waals surface area contributed by atoms with Crippen molar-refractivity contribution in [1.29, 1.82) is 0 Å². The van der Waals surface area contributed by atoms with Crippen LogP contribution in [0.15, 0.2) is 12.4 Å². The van der Waals surface area contributed by atoms with Crippen molar-refractivity contribution >= 4 is 11.7 Å². The van der Waals surface area contributed by atoms with Crippen molar-refractivity contribution in [2.75, 3.05) is 11.9 Å². The van der Waals surface area contributed by atoms with E-state index in [4.69, 9.17) is 0 Å². The summed E-state index contributed by atoms with van der Waals surface area (Å²) in [5.41, 5.74) is -0.144. The third kappa shape index (κ3) is 3.91. The van der Waals surface area contributed by atoms with Crippen LogP contribution in [0.2, 0.25) is 0 Å². The Labute approximate surface area is 125 Å². The summed E-state index contributed by atoms with van der Waals surface area (Å²) in [6, 6.07) is -0.342. The molecular formula is C15H24N4O2. The van der Waals surface area contributed by atoms with Gasteiger partial charge in [0.1, 0.15) is 5.82 Å². The molecule has 116 valence electrons. The highest BCUT2D eigenvalue weighted by atomic mass is 16.3. The zero-order chi connectivity index (χ0) is 15.7. The van der Waals surface area contributed by atoms with Gasteiger partial charge in [-0.25, -0.2) is 14.8 Å². The Kier molecular flexibility index (Phi) is 4.18. The minimum Gasteiger partial charge on any atom is -0.394 e. The maximum absolute atomic E-state index is 12.0. The van der Waals surface area contributed by atoms with Crippen LogP contribution in [0.1, 0.15) is 46.4 Å². The van der Waals surface area contributed by atoms with Crippen LogP contribution in [0.25, 0.3) is 0 Å². The van der Waals surface area contributed by atoms with E-state index < -0.39 is 5.54 Å². The molecule has 0 radical (unpaired) electrons. The molecule has 6 heteroatoms. The highest BCUT2D eigenvalue weighted by molar-refractivity contribution is 5.89. The second-order valence-corrected chi connectivity index (χ2v) is 6.97. The monoisotopic (exact) mass is 292 g/mol. The third-order valence-electron chi connectivity index (χ3n) is 3.79. The minimum atomic E-state index is -0.559. The number of rotatable bonds is 4. The number of hydrogen-bond donors (Lipinski definition) is 3. The van der Waals surface area contributed by atoms with Crippen molar-refractivity contribution in [2.45, 2.75) is 51.5 Å². The second-order valence-electron chi connectivity index (χ2n) is 6.97. The molecule has 3 N–H and O–H groups in total. The summed E-state index contributed by atoms with van der Waals surface area (Å²) >= 11 is 0. The number of aromatic nitrogens is 2. The van der Waals surface area contributed by atoms with Crippen molar-refractivity contribution < 1.29 is 9.90 Å². The molecule has 1 atom stereocenters. The molecule has 1 unspecified atom stereocenters. The predicted octanol–water partition coefficient (Wildman–Crippen LogP) is 2.06. The largest absolute Gasteiger partial charge is 0.394 e. The fourth-order valence-electron chi connectivity index (χ4n) is 2.19. The lowest BCUT2D eigenvalue weighted by atomic mass is 9.96. The van der Waals surface area contributed by atoms with Crippen LogP contribution in [-0.4, -0.2) is 33.3 Å². The fraction of sp³-hybridized carbons (Fsp3) is 0.667. The van der Waals surface area contributed by atoms with Crippen LogP contribution in [0.3, 0.4) is 0 Å². The number of nitrogens with zero attached hydrogens (tertiary/aromatic N) is 2. The lowest BCUT2D eigenvalue weighted by Crippen LogP contribution is -2.52. The number of aliphatic hydroxyl groups excluding tert-OH is 1. The maximum atomic E-state index is 12.0. The molecule has 1 saturated carbocycles. The van der Waals surface area contributed by atoms with Crippen LogP contribution < -0.4 is 10.6 Å². The summed E-state index contributed by atoms with van der Waals surface area (Å²) < 4.78 is 0. The molecule has 0 spiro atoms. The molecule has 0 bridgehead atoms. The van der Waals surface area contributed by atoms with Gasteiger partial charge in [-0.3, -0.25) is 0 Å². The molecule has 1 aromatic rings. The molecule has 0 aliphatic heterocycles. The molecule has 1 aliphatic rings. The molecule has 21 heavy (non-hydrogen) atoms. The van der Waals surface area contributed by atoms with Crippen LogP contribution in [0, 0.1) is 5.92 Å². The molecule has 1 heterocycles. The van der Waals surface area contributed by atoms with E-state index in [9.17, 15) is 9.90 Å². The summed E-state index contributed by atoms with van der Waals surface area (Å²) in [7, 11) is 0. The highest BCUT2D eigenvalue weighted by Gasteiger charge is 2.42. The summed E-state index contributed by atoms with van der Waals surface area (Å²) in [5.74, 6) is 1.08. The van der Waals surface area contributed by atoms with Crippen LogP contribution >= 0.6 is 0 Å². The Balaban J connectivity index is 1.96. The SMILES string of the molecule is CC(C)(C)c1ncc(NC(=O)NC(C)(CO)C2CC2)cn1. The van der Waals surface area contributed by atoms with Crippen LogP contribution in [0.5, 0.6) is 0 Å². The first-order chi connectivity index (χ1) is 9.74. The molecule has 1 aromatic heterocycles. The first-order valence-corrected chi connectivity index (χ1v) is 7.27. The molecule has 0 aromatic carbocycles. The van der Waals surface area contributed by atoms with Gasteiger partial charge in [-0.05, 0) is 25.7 Å². The van der Waals surface area contributed by atoms with Gasteiger partial charge < -0.3 is 15.7 Å². The normalized spacial score (nSPS) is 18.0. The van der Waals surface area contributed by atoms with Gasteiger partial charge in [-0.2, -0.15) is 0 Å². The Morgan fingerprint density at radius 2 is 1.86 bits per heavy atom. The molecule has 2 rings (SSSR count). The van der Waals surface area contributed by atoms with Gasteiger partial charge in [-0.1, -0.05) is 20.8 Å². The Bertz CT molecular complexity index is 505. The zero-order valence-electron chi connectivity index (χ0n) is 13.1. The van der Waals surface area contributed by atoms with Gasteiger partial charge in [-0.15, -0.1) is 0 Å². The van der Waals surface area contributed by atoms with E-state index in [-0.39, 0.29) is 18.1 Å². The number of amides is 2. The van der Waals surface area contributed by atoms with E-state index >= 15 is 0 Å². The van der Waals surface area contributed by atoms with E-state index in [0.29, 0.717) is 11.6 Å². The average Bonchev–Trinajstić information content (AvgIpc) is 3.22. The number of nitrogens with one attached hydrogen (secondary N) is 2. The molecule has 1 fully saturated rings. The van der Waals surface area contributed by atoms with Gasteiger partial charge >= 0.3 is 6.03 Å². The predicted molar refractivity (Wildman–Crippen MR) is 81.1 cm³/mol. The van der Waals surface area contributed by atoms with Crippen molar-refractivity contribution in [3.05, 3.63) is 18.2 Å². The summed E-state index contributed by atoms with van der Waals surface area (Å²) in [6.07, 6.45) is 5.28. The fourth-order valence-corrected chi connectivity index (χ4v) is 2.19. The number of carbonyl (C=O) groups is 1. The topological polar surface area (TPSA) is 87.1 Å². The Morgan fingerprint density at radius 1 is 1.29 bits per heavy atom. The van der Waals surface area contributed by atoms with Gasteiger partial charge in [0.15, 0.2) is 0 Å². The lowest BCUT2D eigenvalue weighted by Gasteiger charge is -2.28. The molecule has 2 amide bonds. The molecular weight excluding hydrogens is 268 g/mol. The molecule has 0 saturated heterocycles. The quantitative estimate of drug-likeness (QED) is 0.792. The summed E-state index contributed by atoms with van der Waals surface area (Å²) in [4.78, 5) is 20.5. The summed E-state index contributed by atoms with van der Waals surface area (Å²) in [5, 5.41) is 15.0. The van der Waals surface area contributed by atoms with E-state index in [1.165, 1.54) is 0 Å². The first-order valence-electron chi connectivity index (χ1n) is 7.27. The number of carbonyl (C=O) groups excluding carboxylic acids is 1. The number of hydrogen-bond acceptors (Lipinski definition) is 4. The van der Waals surface area contributed by atoms with Gasteiger partial charge in [0.2, 0.25) is 0 Å². The Morgan fingerprint density at radius 3 is 2.29 bits per heavy atom. The third-order valence-corrected chi connectivity index (χ3v) is 3.79. The Hall–Kier alpha value is -1.69. The zero-order valence-corrected chi connectivity index (χ0v) is 13.1. The number of aliphatic hydroxyl groups is 1. The second kappa shape index (κ2) is 5.60. The van der Waals surface area contributed by atoms with Crippen molar-refractivity contribution in [2.24, 2.45) is 5.92 Å². The summed E-state index contributed by atoms with van der Waals surface area (Å²) in [6.45, 7) is 7.90. The first kappa shape index (κ1) is 15.7. The van der Waals surface area contributed by atoms with Gasteiger partial charge in [0.25, 0.3) is 0 Å². The number of urea groups is 1. The highest BCUT2D eigenvalue weighted by Crippen LogP contribution is 2.39. The lowest BCUT2D eigenvalue weighted by molar-refractivity contribution is 0.159. The van der Waals surface area contributed by atoms with Gasteiger partial charge in [0, 0.05) is 5.41 Å². The molecule has 1 aliphatic carbocycles. The van der Waals surface area contributed by atoms with Crippen molar-refractivity contribution in [3.63, 3.8) is 0 Å². The van der Waals surface area contributed by atoms with E-state index in [0.717, 1.165) is 18.7 Å². The van der Waals surface area contributed by atoms with E-state index in [1.54, 1.807) is 12.4 Å². The van der Waals surface area contributed by atoms with Gasteiger partial charge in [0.05, 0.1) is 30.2 Å². The minimum absolute atomic E-state index is 0.0649. The number of anilines is 1. The van der Waals surface area contributed by atoms with E-state index in [1.807, 2.05) is 27.7 Å². The van der Waals surface area contributed by atoms with Crippen LogP contribution in [-0.2, 0) is 5.41 Å². The van der Waals surface area contributed by atoms with Crippen molar-refractivity contribution in [1.82, 2.24) is 15.3 Å². The maximum Gasteiger partial charge on any atom is 0.319 e. The molecule has 6 nitrogen and oxygen atoms in total. The standard InChI is InChI=1S/C15H24N4O2/c1-14(2,3)12-16-7-11(8-17-12)18-13(21)19-15(4,9-20)10-5-6-10/h7-8,10,20H,5-6,9H2,1-4H3,(H2,18,19,21). The smallest absolute Gasteiger partial charge is 0.319 e. The van der Waals surface area contributed by atoms with Crippen molar-refractivity contribution in [3.8, 4) is 0 Å². The van der Waals surface area contributed by atoms with E-state index in [2.05, 4.69) is 20.6 Å². The van der Waals surface area contributed by atoms with Crippen LogP contribution in [0.4, 0.5) is 10.5 Å².